The molecule has 0 aliphatic heterocycles. The second-order valence-corrected chi connectivity index (χ2v) is 9.34. The number of alkyl halides is 4. The number of allylic oxidation sites excluding steroid dienone is 2. The summed E-state index contributed by atoms with van der Waals surface area (Å²) in [6.07, 6.45) is 10.2. The second-order valence-electron chi connectivity index (χ2n) is 9.34. The first kappa shape index (κ1) is 24.2. The molecule has 2 aliphatic rings. The minimum atomic E-state index is -5.02. The van der Waals surface area contributed by atoms with Gasteiger partial charge >= 0.3 is 6.18 Å². The van der Waals surface area contributed by atoms with Crippen LogP contribution in [-0.4, -0.2) is 6.67 Å². The minimum absolute atomic E-state index is 0.0749. The van der Waals surface area contributed by atoms with Crippen LogP contribution in [0.5, 0.6) is 0 Å². The van der Waals surface area contributed by atoms with Gasteiger partial charge in [0.25, 0.3) is 0 Å². The molecule has 2 saturated carbocycles. The molecule has 174 valence electrons. The standard InChI is InChI=1S/C25H32F6/c26-14-2-1-3-17-4-6-18(7-5-17)8-9-19-10-12-20(13-11-19)21-15-22(27)24(23(28)16-21)25(29,30)31/h1,3,15-20H,2,4-14H2. The summed E-state index contributed by atoms with van der Waals surface area (Å²) in [5, 5.41) is 0. The maximum absolute atomic E-state index is 13.9. The molecule has 0 heterocycles. The Labute approximate surface area is 181 Å². The largest absolute Gasteiger partial charge is 0.422 e. The summed E-state index contributed by atoms with van der Waals surface area (Å²) < 4.78 is 78.3. The Balaban J connectivity index is 1.43. The molecule has 0 nitrogen and oxygen atoms in total. The quantitative estimate of drug-likeness (QED) is 0.290. The maximum atomic E-state index is 13.9. The fourth-order valence-corrected chi connectivity index (χ4v) is 5.38. The van der Waals surface area contributed by atoms with E-state index in [-0.39, 0.29) is 12.6 Å². The molecule has 2 fully saturated rings. The van der Waals surface area contributed by atoms with Gasteiger partial charge in [0.2, 0.25) is 0 Å². The second kappa shape index (κ2) is 10.9. The average molecular weight is 447 g/mol. The van der Waals surface area contributed by atoms with Crippen LogP contribution < -0.4 is 0 Å². The van der Waals surface area contributed by atoms with E-state index < -0.39 is 23.4 Å². The smallest absolute Gasteiger partial charge is 0.251 e. The summed E-state index contributed by atoms with van der Waals surface area (Å²) in [6, 6.07) is 1.74. The Morgan fingerprint density at radius 2 is 1.32 bits per heavy atom. The van der Waals surface area contributed by atoms with E-state index in [2.05, 4.69) is 6.08 Å². The number of rotatable bonds is 7. The molecule has 3 rings (SSSR count). The molecule has 0 bridgehead atoms. The van der Waals surface area contributed by atoms with Gasteiger partial charge in [0, 0.05) is 0 Å². The minimum Gasteiger partial charge on any atom is -0.251 e. The Kier molecular flexibility index (Phi) is 8.51. The number of benzene rings is 1. The van der Waals surface area contributed by atoms with E-state index in [0.717, 1.165) is 50.2 Å². The molecule has 31 heavy (non-hydrogen) atoms. The molecular weight excluding hydrogens is 414 g/mol. The van der Waals surface area contributed by atoms with Gasteiger partial charge in [0.15, 0.2) is 0 Å². The summed E-state index contributed by atoms with van der Waals surface area (Å²) in [4.78, 5) is 0. The highest BCUT2D eigenvalue weighted by Crippen LogP contribution is 2.42. The van der Waals surface area contributed by atoms with E-state index >= 15 is 0 Å². The first-order chi connectivity index (χ1) is 14.8. The van der Waals surface area contributed by atoms with Gasteiger partial charge in [0.05, 0.1) is 6.67 Å². The Morgan fingerprint density at radius 3 is 1.81 bits per heavy atom. The van der Waals surface area contributed by atoms with E-state index in [1.54, 1.807) is 0 Å². The molecule has 0 atom stereocenters. The van der Waals surface area contributed by atoms with E-state index in [4.69, 9.17) is 0 Å². The topological polar surface area (TPSA) is 0 Å². The predicted octanol–water partition coefficient (Wildman–Crippen LogP) is 8.76. The van der Waals surface area contributed by atoms with Crippen LogP contribution in [0.25, 0.3) is 0 Å². The zero-order valence-electron chi connectivity index (χ0n) is 17.9. The monoisotopic (exact) mass is 446 g/mol. The molecule has 0 aromatic heterocycles. The molecule has 0 radical (unpaired) electrons. The van der Waals surface area contributed by atoms with Gasteiger partial charge in [-0.05, 0) is 99.2 Å². The van der Waals surface area contributed by atoms with Crippen LogP contribution in [-0.2, 0) is 6.18 Å². The highest BCUT2D eigenvalue weighted by Gasteiger charge is 2.38. The van der Waals surface area contributed by atoms with E-state index in [0.29, 0.717) is 23.8 Å². The molecule has 2 aliphatic carbocycles. The van der Waals surface area contributed by atoms with Crippen molar-refractivity contribution in [2.75, 3.05) is 6.67 Å². The Hall–Kier alpha value is -1.46. The van der Waals surface area contributed by atoms with Crippen LogP contribution in [0.2, 0.25) is 0 Å². The van der Waals surface area contributed by atoms with Crippen LogP contribution >= 0.6 is 0 Å². The van der Waals surface area contributed by atoms with Crippen molar-refractivity contribution in [3.63, 3.8) is 0 Å². The molecule has 1 aromatic carbocycles. The highest BCUT2D eigenvalue weighted by atomic mass is 19.4. The van der Waals surface area contributed by atoms with Crippen LogP contribution in [0.15, 0.2) is 24.3 Å². The number of hydrogen-bond acceptors (Lipinski definition) is 0. The van der Waals surface area contributed by atoms with Crippen molar-refractivity contribution < 1.29 is 26.3 Å². The third-order valence-corrected chi connectivity index (χ3v) is 7.22. The summed E-state index contributed by atoms with van der Waals surface area (Å²) in [6.45, 7) is -0.295. The average Bonchev–Trinajstić information content (AvgIpc) is 2.72. The first-order valence-corrected chi connectivity index (χ1v) is 11.6. The van der Waals surface area contributed by atoms with E-state index in [1.807, 2.05) is 6.08 Å². The van der Waals surface area contributed by atoms with Gasteiger partial charge in [-0.3, -0.25) is 4.39 Å². The van der Waals surface area contributed by atoms with Crippen molar-refractivity contribution in [1.82, 2.24) is 0 Å². The van der Waals surface area contributed by atoms with E-state index in [1.165, 1.54) is 32.1 Å². The van der Waals surface area contributed by atoms with Crippen LogP contribution in [0, 0.1) is 29.4 Å². The molecule has 1 aromatic rings. The van der Waals surface area contributed by atoms with Crippen molar-refractivity contribution in [1.29, 1.82) is 0 Å². The highest BCUT2D eigenvalue weighted by molar-refractivity contribution is 5.30. The molecule has 0 unspecified atom stereocenters. The van der Waals surface area contributed by atoms with Crippen molar-refractivity contribution in [2.24, 2.45) is 17.8 Å². The lowest BCUT2D eigenvalue weighted by atomic mass is 9.74. The summed E-state index contributed by atoms with van der Waals surface area (Å²) >= 11 is 0. The first-order valence-electron chi connectivity index (χ1n) is 11.6. The Morgan fingerprint density at radius 1 is 0.806 bits per heavy atom. The molecule has 0 spiro atoms. The van der Waals surface area contributed by atoms with Crippen LogP contribution in [0.1, 0.15) is 87.7 Å². The molecular formula is C25H32F6. The third-order valence-electron chi connectivity index (χ3n) is 7.22. The van der Waals surface area contributed by atoms with Gasteiger partial charge in [-0.25, -0.2) is 8.78 Å². The predicted molar refractivity (Wildman–Crippen MR) is 110 cm³/mol. The lowest BCUT2D eigenvalue weighted by Crippen LogP contribution is -2.18. The summed E-state index contributed by atoms with van der Waals surface area (Å²) in [5.74, 6) is -1.19. The van der Waals surface area contributed by atoms with Crippen molar-refractivity contribution in [3.05, 3.63) is 47.0 Å². The SMILES string of the molecule is FCCC=CC1CCC(CCC2CCC(c3cc(F)c(C(F)(F)F)c(F)c3)CC2)CC1. The van der Waals surface area contributed by atoms with Crippen molar-refractivity contribution in [3.8, 4) is 0 Å². The van der Waals surface area contributed by atoms with Gasteiger partial charge in [-0.15, -0.1) is 0 Å². The summed E-state index contributed by atoms with van der Waals surface area (Å²) in [7, 11) is 0. The van der Waals surface area contributed by atoms with Gasteiger partial charge in [0.1, 0.15) is 17.2 Å². The van der Waals surface area contributed by atoms with Gasteiger partial charge in [-0.2, -0.15) is 13.2 Å². The van der Waals surface area contributed by atoms with Gasteiger partial charge in [-0.1, -0.05) is 25.0 Å². The number of hydrogen-bond donors (Lipinski definition) is 0. The maximum Gasteiger partial charge on any atom is 0.422 e. The van der Waals surface area contributed by atoms with Gasteiger partial charge < -0.3 is 0 Å². The van der Waals surface area contributed by atoms with Crippen LogP contribution in [0.3, 0.4) is 0 Å². The zero-order valence-corrected chi connectivity index (χ0v) is 17.9. The lowest BCUT2D eigenvalue weighted by molar-refractivity contribution is -0.142. The molecule has 0 N–H and O–H groups in total. The molecule has 0 amide bonds. The third kappa shape index (κ3) is 6.76. The lowest BCUT2D eigenvalue weighted by Gasteiger charge is -2.31. The number of halogens is 6. The molecule has 0 saturated heterocycles. The fourth-order valence-electron chi connectivity index (χ4n) is 5.38. The summed E-state index contributed by atoms with van der Waals surface area (Å²) in [5.41, 5.74) is -1.45. The zero-order chi connectivity index (χ0) is 22.4. The van der Waals surface area contributed by atoms with Crippen LogP contribution in [0.4, 0.5) is 26.3 Å². The van der Waals surface area contributed by atoms with Crippen molar-refractivity contribution in [2.45, 2.75) is 82.7 Å². The fraction of sp³-hybridized carbons (Fsp3) is 0.680. The normalized spacial score (nSPS) is 27.7. The molecule has 6 heteroatoms. The van der Waals surface area contributed by atoms with Crippen molar-refractivity contribution >= 4 is 0 Å². The van der Waals surface area contributed by atoms with E-state index in [9.17, 15) is 26.3 Å². The Bertz CT molecular complexity index is 699.